The third-order valence-corrected chi connectivity index (χ3v) is 4.89. The molecule has 27 heavy (non-hydrogen) atoms. The third-order valence-electron chi connectivity index (χ3n) is 4.22. The number of nitrogens with zero attached hydrogens (tertiary/aromatic N) is 2. The van der Waals surface area contributed by atoms with Crippen LogP contribution in [0.1, 0.15) is 41.9 Å². The van der Waals surface area contributed by atoms with Crippen LogP contribution in [0.4, 0.5) is 20.0 Å². The van der Waals surface area contributed by atoms with Crippen LogP contribution < -0.4 is 10.6 Å². The van der Waals surface area contributed by atoms with Gasteiger partial charge in [0.05, 0.1) is 5.69 Å². The van der Waals surface area contributed by atoms with Crippen molar-refractivity contribution in [2.75, 3.05) is 10.6 Å². The minimum Gasteiger partial charge on any atom is -0.481 e. The second-order valence-electron chi connectivity index (χ2n) is 6.20. The Morgan fingerprint density at radius 1 is 1.22 bits per heavy atom. The van der Waals surface area contributed by atoms with Crippen LogP contribution in [0.5, 0.6) is 0 Å². The Morgan fingerprint density at radius 2 is 1.96 bits per heavy atom. The van der Waals surface area contributed by atoms with Crippen molar-refractivity contribution in [1.82, 2.24) is 9.36 Å². The van der Waals surface area contributed by atoms with Crippen LogP contribution in [0.3, 0.4) is 0 Å². The number of rotatable bonds is 6. The van der Waals surface area contributed by atoms with E-state index in [1.54, 1.807) is 0 Å². The summed E-state index contributed by atoms with van der Waals surface area (Å²) in [5.41, 5.74) is 0.349. The number of hydrogen-bond acceptors (Lipinski definition) is 6. The van der Waals surface area contributed by atoms with Gasteiger partial charge in [0, 0.05) is 23.0 Å². The fourth-order valence-electron chi connectivity index (χ4n) is 3.00. The predicted molar refractivity (Wildman–Crippen MR) is 96.6 cm³/mol. The molecule has 0 unspecified atom stereocenters. The van der Waals surface area contributed by atoms with Crippen molar-refractivity contribution in [3.05, 3.63) is 35.4 Å². The van der Waals surface area contributed by atoms with Crippen LogP contribution in [0, 0.1) is 11.7 Å². The summed E-state index contributed by atoms with van der Waals surface area (Å²) in [6, 6.07) is 2.95. The SMILES string of the molecule is O=C(O)Cc1nsc(NC(=O)Nc2ccc(F)cc2C(=O)C2CCCC2)n1. The number of ketones is 1. The number of nitrogens with one attached hydrogen (secondary N) is 2. The van der Waals surface area contributed by atoms with Gasteiger partial charge in [-0.25, -0.2) is 14.2 Å². The van der Waals surface area contributed by atoms with Gasteiger partial charge in [-0.05, 0) is 31.0 Å². The van der Waals surface area contributed by atoms with Crippen LogP contribution >= 0.6 is 11.5 Å². The molecule has 0 bridgehead atoms. The number of urea groups is 1. The lowest BCUT2D eigenvalue weighted by molar-refractivity contribution is -0.136. The Bertz CT molecular complexity index is 880. The summed E-state index contributed by atoms with van der Waals surface area (Å²) < 4.78 is 17.5. The molecule has 3 N–H and O–H groups in total. The van der Waals surface area contributed by atoms with E-state index in [9.17, 15) is 18.8 Å². The first-order chi connectivity index (χ1) is 12.9. The molecule has 1 heterocycles. The minimum atomic E-state index is -1.08. The van der Waals surface area contributed by atoms with Crippen molar-refractivity contribution in [2.45, 2.75) is 32.1 Å². The number of halogens is 1. The Labute approximate surface area is 158 Å². The molecule has 8 nitrogen and oxygen atoms in total. The van der Waals surface area contributed by atoms with Gasteiger partial charge in [0.25, 0.3) is 0 Å². The van der Waals surface area contributed by atoms with Crippen LogP contribution in [0.15, 0.2) is 18.2 Å². The van der Waals surface area contributed by atoms with Crippen LogP contribution in [-0.4, -0.2) is 32.2 Å². The van der Waals surface area contributed by atoms with Crippen LogP contribution in [0.2, 0.25) is 0 Å². The van der Waals surface area contributed by atoms with Crippen molar-refractivity contribution in [2.24, 2.45) is 5.92 Å². The predicted octanol–water partition coefficient (Wildman–Crippen LogP) is 3.32. The highest BCUT2D eigenvalue weighted by Gasteiger charge is 2.26. The summed E-state index contributed by atoms with van der Waals surface area (Å²) in [7, 11) is 0. The highest BCUT2D eigenvalue weighted by molar-refractivity contribution is 7.09. The molecule has 10 heteroatoms. The van der Waals surface area contributed by atoms with Gasteiger partial charge in [0.1, 0.15) is 12.2 Å². The van der Waals surface area contributed by atoms with E-state index in [2.05, 4.69) is 20.0 Å². The summed E-state index contributed by atoms with van der Waals surface area (Å²) in [5.74, 6) is -1.88. The second kappa shape index (κ2) is 8.21. The average Bonchev–Trinajstić information content (AvgIpc) is 3.27. The molecule has 0 aliphatic heterocycles. The zero-order valence-corrected chi connectivity index (χ0v) is 15.0. The number of anilines is 2. The lowest BCUT2D eigenvalue weighted by Gasteiger charge is -2.13. The number of Topliss-reactive ketones (excluding diaryl/α,β-unsaturated/α-hetero) is 1. The molecule has 1 aliphatic rings. The molecule has 1 aromatic heterocycles. The maximum absolute atomic E-state index is 13.6. The Balaban J connectivity index is 1.71. The number of carbonyl (C=O) groups is 3. The zero-order valence-electron chi connectivity index (χ0n) is 14.2. The summed E-state index contributed by atoms with van der Waals surface area (Å²) in [5, 5.41) is 13.8. The topological polar surface area (TPSA) is 121 Å². The highest BCUT2D eigenvalue weighted by atomic mass is 32.1. The lowest BCUT2D eigenvalue weighted by atomic mass is 9.95. The Hall–Kier alpha value is -2.88. The number of aliphatic carboxylic acids is 1. The zero-order chi connectivity index (χ0) is 19.4. The molecule has 142 valence electrons. The second-order valence-corrected chi connectivity index (χ2v) is 6.95. The first-order valence-corrected chi connectivity index (χ1v) is 9.16. The van der Waals surface area contributed by atoms with Crippen molar-refractivity contribution in [3.8, 4) is 0 Å². The quantitative estimate of drug-likeness (QED) is 0.649. The molecule has 1 aliphatic carbocycles. The molecular weight excluding hydrogens is 375 g/mol. The summed E-state index contributed by atoms with van der Waals surface area (Å²) in [4.78, 5) is 39.4. The smallest absolute Gasteiger partial charge is 0.325 e. The maximum atomic E-state index is 13.6. The molecule has 0 atom stereocenters. The first-order valence-electron chi connectivity index (χ1n) is 8.38. The molecule has 2 amide bonds. The summed E-state index contributed by atoms with van der Waals surface area (Å²) in [6.07, 6.45) is 3.10. The fraction of sp³-hybridized carbons (Fsp3) is 0.353. The van der Waals surface area contributed by atoms with E-state index in [0.29, 0.717) is 0 Å². The van der Waals surface area contributed by atoms with Crippen molar-refractivity contribution in [1.29, 1.82) is 0 Å². The van der Waals surface area contributed by atoms with Crippen LogP contribution in [-0.2, 0) is 11.2 Å². The van der Waals surface area contributed by atoms with Gasteiger partial charge in [0.2, 0.25) is 5.13 Å². The molecular formula is C17H17FN4O4S. The monoisotopic (exact) mass is 392 g/mol. The summed E-state index contributed by atoms with van der Waals surface area (Å²) >= 11 is 0.840. The maximum Gasteiger partial charge on any atom is 0.325 e. The standard InChI is InChI=1S/C17H17FN4O4S/c18-10-5-6-12(11(7-10)15(25)9-3-1-2-4-9)19-16(26)21-17-20-13(22-27-17)8-14(23)24/h5-7,9H,1-4,8H2,(H,23,24)(H2,19,20,21,22,26). The molecule has 0 spiro atoms. The van der Waals surface area contributed by atoms with Gasteiger partial charge < -0.3 is 10.4 Å². The molecule has 1 saturated carbocycles. The number of hydrogen-bond donors (Lipinski definition) is 3. The summed E-state index contributed by atoms with van der Waals surface area (Å²) in [6.45, 7) is 0. The fourth-order valence-corrected chi connectivity index (χ4v) is 3.58. The van der Waals surface area contributed by atoms with Crippen LogP contribution in [0.25, 0.3) is 0 Å². The lowest BCUT2D eigenvalue weighted by Crippen LogP contribution is -2.22. The van der Waals surface area contributed by atoms with Crippen molar-refractivity contribution >= 4 is 40.1 Å². The molecule has 1 aromatic carbocycles. The first kappa shape index (κ1) is 18.9. The van der Waals surface area contributed by atoms with Gasteiger partial charge in [-0.15, -0.1) is 0 Å². The third kappa shape index (κ3) is 4.85. The van der Waals surface area contributed by atoms with Gasteiger partial charge in [0.15, 0.2) is 11.6 Å². The van der Waals surface area contributed by atoms with E-state index in [-0.39, 0.29) is 40.3 Å². The molecule has 2 aromatic rings. The number of amides is 2. The highest BCUT2D eigenvalue weighted by Crippen LogP contribution is 2.31. The molecule has 3 rings (SSSR count). The number of aromatic nitrogens is 2. The van der Waals surface area contributed by atoms with E-state index in [0.717, 1.165) is 49.3 Å². The van der Waals surface area contributed by atoms with E-state index in [4.69, 9.17) is 5.11 Å². The molecule has 1 fully saturated rings. The van der Waals surface area contributed by atoms with E-state index in [1.165, 1.54) is 6.07 Å². The Morgan fingerprint density at radius 3 is 2.67 bits per heavy atom. The Kier molecular flexibility index (Phi) is 5.75. The van der Waals surface area contributed by atoms with E-state index in [1.807, 2.05) is 0 Å². The number of carboxylic acid groups (broad SMARTS) is 1. The van der Waals surface area contributed by atoms with Gasteiger partial charge in [-0.3, -0.25) is 14.9 Å². The number of carbonyl (C=O) groups excluding carboxylic acids is 2. The largest absolute Gasteiger partial charge is 0.481 e. The average molecular weight is 392 g/mol. The number of benzene rings is 1. The van der Waals surface area contributed by atoms with Crippen molar-refractivity contribution in [3.63, 3.8) is 0 Å². The molecule has 0 radical (unpaired) electrons. The van der Waals surface area contributed by atoms with Gasteiger partial charge >= 0.3 is 12.0 Å². The van der Waals surface area contributed by atoms with Crippen molar-refractivity contribution < 1.29 is 23.9 Å². The molecule has 0 saturated heterocycles. The van der Waals surface area contributed by atoms with E-state index >= 15 is 0 Å². The minimum absolute atomic E-state index is 0.0849. The van der Waals surface area contributed by atoms with Gasteiger partial charge in [-0.2, -0.15) is 4.37 Å². The van der Waals surface area contributed by atoms with Gasteiger partial charge in [-0.1, -0.05) is 12.8 Å². The normalized spacial score (nSPS) is 14.1. The van der Waals surface area contributed by atoms with E-state index < -0.39 is 17.8 Å². The number of carboxylic acids is 1.